The van der Waals surface area contributed by atoms with Crippen LogP contribution in [-0.4, -0.2) is 42.0 Å². The average Bonchev–Trinajstić information content (AvgIpc) is 2.77. The van der Waals surface area contributed by atoms with Gasteiger partial charge in [0.05, 0.1) is 7.11 Å². The summed E-state index contributed by atoms with van der Waals surface area (Å²) in [6.45, 7) is 4.15. The zero-order chi connectivity index (χ0) is 16.7. The summed E-state index contributed by atoms with van der Waals surface area (Å²) in [6.07, 6.45) is 1.29. The molecule has 1 atom stereocenters. The number of carbonyl (C=O) groups is 2. The smallest absolute Gasteiger partial charge is 0.347 e. The Labute approximate surface area is 129 Å². The van der Waals surface area contributed by atoms with Crippen LogP contribution in [0.4, 0.5) is 5.82 Å². The molecule has 124 valence electrons. The van der Waals surface area contributed by atoms with Crippen molar-refractivity contribution < 1.29 is 23.8 Å². The summed E-state index contributed by atoms with van der Waals surface area (Å²) in [4.78, 5) is 23.2. The SMILES string of the molecule is CC[C@H](C)CC(=O)OCCOc1nn(C)c(N)c1C(=O)OC. The third-order valence-corrected chi connectivity index (χ3v) is 3.25. The largest absolute Gasteiger partial charge is 0.472 e. The minimum absolute atomic E-state index is 0.0600. The Hall–Kier alpha value is -2.25. The first-order valence-electron chi connectivity index (χ1n) is 7.09. The zero-order valence-electron chi connectivity index (χ0n) is 13.4. The van der Waals surface area contributed by atoms with Gasteiger partial charge in [0.15, 0.2) is 5.56 Å². The van der Waals surface area contributed by atoms with Crippen molar-refractivity contribution in [3.05, 3.63) is 5.56 Å². The van der Waals surface area contributed by atoms with Gasteiger partial charge < -0.3 is 19.9 Å². The third kappa shape index (κ3) is 4.64. The minimum atomic E-state index is -0.630. The summed E-state index contributed by atoms with van der Waals surface area (Å²) < 4.78 is 16.4. The van der Waals surface area contributed by atoms with E-state index in [-0.39, 0.29) is 42.4 Å². The van der Waals surface area contributed by atoms with E-state index in [9.17, 15) is 9.59 Å². The fourth-order valence-corrected chi connectivity index (χ4v) is 1.69. The second-order valence-corrected chi connectivity index (χ2v) is 4.97. The van der Waals surface area contributed by atoms with Crippen LogP contribution >= 0.6 is 0 Å². The van der Waals surface area contributed by atoms with Crippen molar-refractivity contribution >= 4 is 17.8 Å². The van der Waals surface area contributed by atoms with Gasteiger partial charge in [0.25, 0.3) is 0 Å². The van der Waals surface area contributed by atoms with E-state index >= 15 is 0 Å². The van der Waals surface area contributed by atoms with Gasteiger partial charge >= 0.3 is 11.9 Å². The number of aromatic nitrogens is 2. The molecular weight excluding hydrogens is 290 g/mol. The molecule has 0 aliphatic carbocycles. The Morgan fingerprint density at radius 3 is 2.64 bits per heavy atom. The van der Waals surface area contributed by atoms with Gasteiger partial charge in [-0.25, -0.2) is 9.48 Å². The number of esters is 2. The van der Waals surface area contributed by atoms with Crippen LogP contribution in [-0.2, 0) is 21.3 Å². The highest BCUT2D eigenvalue weighted by molar-refractivity contribution is 5.96. The molecule has 0 aliphatic heterocycles. The highest BCUT2D eigenvalue weighted by Gasteiger charge is 2.23. The maximum atomic E-state index is 11.6. The molecule has 0 aromatic carbocycles. The minimum Gasteiger partial charge on any atom is -0.472 e. The molecular formula is C14H23N3O5. The standard InChI is InChI=1S/C14H23N3O5/c1-5-9(2)8-10(18)21-6-7-22-13-11(14(19)20-4)12(15)17(3)16-13/h9H,5-8,15H2,1-4H3/t9-/m0/s1. The first-order chi connectivity index (χ1) is 10.4. The maximum absolute atomic E-state index is 11.6. The summed E-state index contributed by atoms with van der Waals surface area (Å²) >= 11 is 0. The van der Waals surface area contributed by atoms with E-state index < -0.39 is 5.97 Å². The number of hydrogen-bond acceptors (Lipinski definition) is 7. The van der Waals surface area contributed by atoms with Gasteiger partial charge in [-0.05, 0) is 5.92 Å². The maximum Gasteiger partial charge on any atom is 0.347 e. The number of nitrogens with two attached hydrogens (primary N) is 1. The van der Waals surface area contributed by atoms with Gasteiger partial charge in [-0.2, -0.15) is 0 Å². The Kier molecular flexibility index (Phi) is 6.68. The molecule has 1 aromatic rings. The van der Waals surface area contributed by atoms with Crippen LogP contribution in [0.15, 0.2) is 0 Å². The van der Waals surface area contributed by atoms with Crippen molar-refractivity contribution in [1.82, 2.24) is 9.78 Å². The van der Waals surface area contributed by atoms with Crippen LogP contribution < -0.4 is 10.5 Å². The molecule has 0 amide bonds. The van der Waals surface area contributed by atoms with Crippen LogP contribution in [0.3, 0.4) is 0 Å². The number of aryl methyl sites for hydroxylation is 1. The van der Waals surface area contributed by atoms with Gasteiger partial charge in [0.1, 0.15) is 19.0 Å². The predicted octanol–water partition coefficient (Wildman–Crippen LogP) is 1.15. The first-order valence-corrected chi connectivity index (χ1v) is 7.09. The lowest BCUT2D eigenvalue weighted by molar-refractivity contribution is -0.145. The predicted molar refractivity (Wildman–Crippen MR) is 79.5 cm³/mol. The summed E-state index contributed by atoms with van der Waals surface area (Å²) in [5.41, 5.74) is 5.80. The molecule has 1 aromatic heterocycles. The van der Waals surface area contributed by atoms with Crippen molar-refractivity contribution in [1.29, 1.82) is 0 Å². The first kappa shape index (κ1) is 17.8. The molecule has 0 saturated carbocycles. The highest BCUT2D eigenvalue weighted by Crippen LogP contribution is 2.23. The number of rotatable bonds is 8. The van der Waals surface area contributed by atoms with Crippen molar-refractivity contribution in [2.24, 2.45) is 13.0 Å². The Morgan fingerprint density at radius 2 is 2.05 bits per heavy atom. The van der Waals surface area contributed by atoms with Gasteiger partial charge in [0, 0.05) is 13.5 Å². The van der Waals surface area contributed by atoms with E-state index in [4.69, 9.17) is 15.2 Å². The number of hydrogen-bond donors (Lipinski definition) is 1. The monoisotopic (exact) mass is 313 g/mol. The normalized spacial score (nSPS) is 11.8. The van der Waals surface area contributed by atoms with Gasteiger partial charge in [-0.1, -0.05) is 20.3 Å². The molecule has 0 aliphatic rings. The molecule has 0 spiro atoms. The molecule has 0 bridgehead atoms. The fraction of sp³-hybridized carbons (Fsp3) is 0.643. The summed E-state index contributed by atoms with van der Waals surface area (Å²) in [7, 11) is 2.83. The van der Waals surface area contributed by atoms with Gasteiger partial charge in [-0.15, -0.1) is 5.10 Å². The molecule has 0 fully saturated rings. The summed E-state index contributed by atoms with van der Waals surface area (Å²) in [5.74, 6) is -0.406. The molecule has 2 N–H and O–H groups in total. The molecule has 1 rings (SSSR count). The Bertz CT molecular complexity index is 527. The zero-order valence-corrected chi connectivity index (χ0v) is 13.4. The van der Waals surface area contributed by atoms with E-state index in [2.05, 4.69) is 9.84 Å². The molecule has 22 heavy (non-hydrogen) atoms. The average molecular weight is 313 g/mol. The number of nitrogen functional groups attached to an aromatic ring is 1. The van der Waals surface area contributed by atoms with Crippen molar-refractivity contribution in [3.8, 4) is 5.88 Å². The molecule has 1 heterocycles. The third-order valence-electron chi connectivity index (χ3n) is 3.25. The number of ether oxygens (including phenoxy) is 3. The Balaban J connectivity index is 2.50. The molecule has 8 nitrogen and oxygen atoms in total. The molecule has 0 unspecified atom stereocenters. The molecule has 0 saturated heterocycles. The van der Waals surface area contributed by atoms with E-state index in [1.54, 1.807) is 7.05 Å². The lowest BCUT2D eigenvalue weighted by Crippen LogP contribution is -2.15. The lowest BCUT2D eigenvalue weighted by atomic mass is 10.1. The quantitative estimate of drug-likeness (QED) is 0.566. The van der Waals surface area contributed by atoms with Crippen molar-refractivity contribution in [2.75, 3.05) is 26.1 Å². The van der Waals surface area contributed by atoms with Crippen LogP contribution in [0.2, 0.25) is 0 Å². The van der Waals surface area contributed by atoms with E-state index in [0.29, 0.717) is 6.42 Å². The highest BCUT2D eigenvalue weighted by atomic mass is 16.6. The second-order valence-electron chi connectivity index (χ2n) is 4.97. The fourth-order valence-electron chi connectivity index (χ4n) is 1.69. The number of anilines is 1. The Morgan fingerprint density at radius 1 is 1.36 bits per heavy atom. The van der Waals surface area contributed by atoms with Gasteiger partial charge in [-0.3, -0.25) is 4.79 Å². The lowest BCUT2D eigenvalue weighted by Gasteiger charge is -2.09. The van der Waals surface area contributed by atoms with Gasteiger partial charge in [0.2, 0.25) is 5.88 Å². The van der Waals surface area contributed by atoms with E-state index in [1.165, 1.54) is 11.8 Å². The summed E-state index contributed by atoms with van der Waals surface area (Å²) in [6, 6.07) is 0. The van der Waals surface area contributed by atoms with Crippen molar-refractivity contribution in [2.45, 2.75) is 26.7 Å². The van der Waals surface area contributed by atoms with Crippen LogP contribution in [0.1, 0.15) is 37.0 Å². The number of methoxy groups -OCH3 is 1. The second kappa shape index (κ2) is 8.26. The van der Waals surface area contributed by atoms with E-state index in [1.807, 2.05) is 13.8 Å². The van der Waals surface area contributed by atoms with Crippen molar-refractivity contribution in [3.63, 3.8) is 0 Å². The number of carbonyl (C=O) groups excluding carboxylic acids is 2. The molecule has 0 radical (unpaired) electrons. The van der Waals surface area contributed by atoms with Crippen LogP contribution in [0.25, 0.3) is 0 Å². The van der Waals surface area contributed by atoms with E-state index in [0.717, 1.165) is 6.42 Å². The topological polar surface area (TPSA) is 106 Å². The number of nitrogens with zero attached hydrogens (tertiary/aromatic N) is 2. The van der Waals surface area contributed by atoms with Crippen LogP contribution in [0, 0.1) is 5.92 Å². The summed E-state index contributed by atoms with van der Waals surface area (Å²) in [5, 5.41) is 3.99. The molecule has 8 heteroatoms. The van der Waals surface area contributed by atoms with Crippen LogP contribution in [0.5, 0.6) is 5.88 Å².